The Labute approximate surface area is 73.3 Å². The summed E-state index contributed by atoms with van der Waals surface area (Å²) < 4.78 is 0.753. The Kier molecular flexibility index (Phi) is 2.59. The Bertz CT molecular complexity index is 272. The van der Waals surface area contributed by atoms with Crippen molar-refractivity contribution in [3.05, 3.63) is 22.4 Å². The van der Waals surface area contributed by atoms with Gasteiger partial charge in [0.15, 0.2) is 0 Å². The van der Waals surface area contributed by atoms with Gasteiger partial charge in [-0.1, -0.05) is 0 Å². The van der Waals surface area contributed by atoms with Crippen molar-refractivity contribution in [1.82, 2.24) is 4.98 Å². The van der Waals surface area contributed by atoms with Gasteiger partial charge in [-0.25, -0.2) is 4.98 Å². The molecule has 0 aromatic carbocycles. The lowest BCUT2D eigenvalue weighted by atomic mass is 10.2. The molecule has 0 saturated heterocycles. The molecule has 58 valence electrons. The lowest BCUT2D eigenvalue weighted by Gasteiger charge is -2.00. The molecular weight excluding hydrogens is 206 g/mol. The highest BCUT2D eigenvalue weighted by atomic mass is 79.9. The van der Waals surface area contributed by atoms with Gasteiger partial charge in [0.25, 0.3) is 0 Å². The summed E-state index contributed by atoms with van der Waals surface area (Å²) in [5.41, 5.74) is 6.97. The third-order valence-electron chi connectivity index (χ3n) is 1.27. The standard InChI is InChI=1S/C7H8BrN3/c8-7-2-1-5(10)6(11-7)3-4-9/h1-2,4,9H,3,10H2. The molecule has 1 rings (SSSR count). The molecule has 0 aliphatic carbocycles. The SMILES string of the molecule is N=CCc1nc(Br)ccc1N. The monoisotopic (exact) mass is 213 g/mol. The number of nitrogen functional groups attached to an aromatic ring is 1. The number of aromatic nitrogens is 1. The van der Waals surface area contributed by atoms with E-state index in [-0.39, 0.29) is 0 Å². The van der Waals surface area contributed by atoms with Crippen LogP contribution in [-0.4, -0.2) is 11.2 Å². The number of anilines is 1. The summed E-state index contributed by atoms with van der Waals surface area (Å²) in [6.45, 7) is 0. The Hall–Kier alpha value is -0.900. The number of nitrogens with two attached hydrogens (primary N) is 1. The Morgan fingerprint density at radius 1 is 1.64 bits per heavy atom. The molecule has 3 nitrogen and oxygen atoms in total. The van der Waals surface area contributed by atoms with Crippen molar-refractivity contribution < 1.29 is 0 Å². The number of rotatable bonds is 2. The molecule has 0 unspecified atom stereocenters. The molecule has 0 atom stereocenters. The molecule has 0 amide bonds. The maximum absolute atomic E-state index is 6.87. The smallest absolute Gasteiger partial charge is 0.106 e. The molecule has 0 fully saturated rings. The largest absolute Gasteiger partial charge is 0.397 e. The zero-order valence-electron chi connectivity index (χ0n) is 5.84. The van der Waals surface area contributed by atoms with E-state index < -0.39 is 0 Å². The van der Waals surface area contributed by atoms with Crippen molar-refractivity contribution >= 4 is 27.8 Å². The number of hydrogen-bond acceptors (Lipinski definition) is 3. The first-order chi connectivity index (χ1) is 5.24. The van der Waals surface area contributed by atoms with Crippen LogP contribution in [0.25, 0.3) is 0 Å². The minimum Gasteiger partial charge on any atom is -0.397 e. The molecule has 4 heteroatoms. The molecule has 1 aromatic rings. The quantitative estimate of drug-likeness (QED) is 0.580. The van der Waals surface area contributed by atoms with E-state index >= 15 is 0 Å². The van der Waals surface area contributed by atoms with Gasteiger partial charge in [-0.05, 0) is 28.1 Å². The van der Waals surface area contributed by atoms with Crippen LogP contribution in [0.3, 0.4) is 0 Å². The Balaban J connectivity index is 3.01. The molecular formula is C7H8BrN3. The highest BCUT2D eigenvalue weighted by Crippen LogP contribution is 2.13. The van der Waals surface area contributed by atoms with Gasteiger partial charge in [0.1, 0.15) is 4.60 Å². The van der Waals surface area contributed by atoms with E-state index in [4.69, 9.17) is 11.1 Å². The van der Waals surface area contributed by atoms with Crippen molar-refractivity contribution in [3.8, 4) is 0 Å². The highest BCUT2D eigenvalue weighted by Gasteiger charge is 1.98. The molecule has 0 aliphatic rings. The Morgan fingerprint density at radius 3 is 3.00 bits per heavy atom. The van der Waals surface area contributed by atoms with E-state index in [1.807, 2.05) is 0 Å². The van der Waals surface area contributed by atoms with Gasteiger partial charge in [0, 0.05) is 12.6 Å². The van der Waals surface area contributed by atoms with Crippen LogP contribution in [-0.2, 0) is 6.42 Å². The van der Waals surface area contributed by atoms with Gasteiger partial charge in [0.05, 0.1) is 11.4 Å². The predicted octanol–water partition coefficient (Wildman–Crippen LogP) is 1.62. The highest BCUT2D eigenvalue weighted by molar-refractivity contribution is 9.10. The van der Waals surface area contributed by atoms with Crippen LogP contribution in [0.4, 0.5) is 5.69 Å². The summed E-state index contributed by atoms with van der Waals surface area (Å²) in [5.74, 6) is 0. The van der Waals surface area contributed by atoms with Crippen LogP contribution in [0.1, 0.15) is 5.69 Å². The normalized spacial score (nSPS) is 9.55. The van der Waals surface area contributed by atoms with E-state index in [1.165, 1.54) is 6.21 Å². The van der Waals surface area contributed by atoms with Crippen LogP contribution in [0.15, 0.2) is 16.7 Å². The van der Waals surface area contributed by atoms with Crippen LogP contribution in [0, 0.1) is 5.41 Å². The molecule has 0 spiro atoms. The van der Waals surface area contributed by atoms with Crippen LogP contribution < -0.4 is 5.73 Å². The molecule has 0 aliphatic heterocycles. The molecule has 3 N–H and O–H groups in total. The lowest BCUT2D eigenvalue weighted by Crippen LogP contribution is -1.98. The molecule has 1 aromatic heterocycles. The van der Waals surface area contributed by atoms with Crippen LogP contribution in [0.2, 0.25) is 0 Å². The summed E-state index contributed by atoms with van der Waals surface area (Å²) >= 11 is 3.22. The fourth-order valence-electron chi connectivity index (χ4n) is 0.746. The van der Waals surface area contributed by atoms with E-state index in [0.717, 1.165) is 10.3 Å². The molecule has 1 heterocycles. The second-order valence-corrected chi connectivity index (χ2v) is 2.89. The molecule has 0 radical (unpaired) electrons. The minimum atomic E-state index is 0.491. The zero-order chi connectivity index (χ0) is 8.27. The first-order valence-electron chi connectivity index (χ1n) is 3.14. The number of halogens is 1. The van der Waals surface area contributed by atoms with Crippen molar-refractivity contribution in [2.75, 3.05) is 5.73 Å². The van der Waals surface area contributed by atoms with Crippen LogP contribution >= 0.6 is 15.9 Å². The van der Waals surface area contributed by atoms with E-state index in [0.29, 0.717) is 12.1 Å². The average Bonchev–Trinajstić information content (AvgIpc) is 1.98. The van der Waals surface area contributed by atoms with E-state index in [2.05, 4.69) is 20.9 Å². The molecule has 0 bridgehead atoms. The number of hydrogen-bond donors (Lipinski definition) is 2. The predicted molar refractivity (Wildman–Crippen MR) is 48.8 cm³/mol. The molecule has 0 saturated carbocycles. The summed E-state index contributed by atoms with van der Waals surface area (Å²) in [6, 6.07) is 3.55. The first-order valence-corrected chi connectivity index (χ1v) is 3.93. The van der Waals surface area contributed by atoms with Gasteiger partial charge in [-0.2, -0.15) is 0 Å². The second-order valence-electron chi connectivity index (χ2n) is 2.08. The number of pyridine rings is 1. The third kappa shape index (κ3) is 2.01. The minimum absolute atomic E-state index is 0.491. The fourth-order valence-corrected chi connectivity index (χ4v) is 1.09. The van der Waals surface area contributed by atoms with Gasteiger partial charge in [-0.15, -0.1) is 0 Å². The maximum atomic E-state index is 6.87. The summed E-state index contributed by atoms with van der Waals surface area (Å²) in [6.07, 6.45) is 1.77. The maximum Gasteiger partial charge on any atom is 0.106 e. The van der Waals surface area contributed by atoms with Gasteiger partial charge in [0.2, 0.25) is 0 Å². The average molecular weight is 214 g/mol. The Morgan fingerprint density at radius 2 is 2.36 bits per heavy atom. The number of nitrogens with zero attached hydrogens (tertiary/aromatic N) is 1. The lowest BCUT2D eigenvalue weighted by molar-refractivity contribution is 1.13. The summed E-state index contributed by atoms with van der Waals surface area (Å²) in [7, 11) is 0. The fraction of sp³-hybridized carbons (Fsp3) is 0.143. The van der Waals surface area contributed by atoms with Crippen molar-refractivity contribution in [2.24, 2.45) is 0 Å². The summed E-state index contributed by atoms with van der Waals surface area (Å²) in [4.78, 5) is 4.10. The topological polar surface area (TPSA) is 62.8 Å². The van der Waals surface area contributed by atoms with Crippen LogP contribution in [0.5, 0.6) is 0 Å². The molecule has 11 heavy (non-hydrogen) atoms. The summed E-state index contributed by atoms with van der Waals surface area (Å²) in [5, 5.41) is 6.87. The zero-order valence-corrected chi connectivity index (χ0v) is 7.43. The van der Waals surface area contributed by atoms with Gasteiger partial charge in [-0.3, -0.25) is 0 Å². The second kappa shape index (κ2) is 3.48. The van der Waals surface area contributed by atoms with E-state index in [9.17, 15) is 0 Å². The van der Waals surface area contributed by atoms with Crippen molar-refractivity contribution in [2.45, 2.75) is 6.42 Å². The van der Waals surface area contributed by atoms with Gasteiger partial charge < -0.3 is 11.1 Å². The van der Waals surface area contributed by atoms with Crippen molar-refractivity contribution in [1.29, 1.82) is 5.41 Å². The number of nitrogens with one attached hydrogen (secondary N) is 1. The van der Waals surface area contributed by atoms with E-state index in [1.54, 1.807) is 12.1 Å². The van der Waals surface area contributed by atoms with Crippen molar-refractivity contribution in [3.63, 3.8) is 0 Å². The first kappa shape index (κ1) is 8.20. The van der Waals surface area contributed by atoms with Gasteiger partial charge >= 0.3 is 0 Å². The third-order valence-corrected chi connectivity index (χ3v) is 1.71.